The van der Waals surface area contributed by atoms with Gasteiger partial charge in [0.25, 0.3) is 0 Å². The summed E-state index contributed by atoms with van der Waals surface area (Å²) in [7, 11) is -3.22. The highest BCUT2D eigenvalue weighted by molar-refractivity contribution is 7.90. The molecule has 2 rings (SSSR count). The van der Waals surface area contributed by atoms with Crippen LogP contribution in [0, 0.1) is 0 Å². The molecule has 0 atom stereocenters. The number of sulfone groups is 1. The summed E-state index contributed by atoms with van der Waals surface area (Å²) >= 11 is 0. The number of carbonyl (C=O) groups is 1. The summed E-state index contributed by atoms with van der Waals surface area (Å²) in [4.78, 5) is 14.1. The van der Waals surface area contributed by atoms with Gasteiger partial charge in [0.2, 0.25) is 5.91 Å². The fourth-order valence-electron chi connectivity index (χ4n) is 2.27. The number of nitrogens with zero attached hydrogens (tertiary/aromatic N) is 1. The Labute approximate surface area is 124 Å². The molecular formula is C14H20N2O4S. The van der Waals surface area contributed by atoms with Crippen LogP contribution in [0.4, 0.5) is 5.69 Å². The molecule has 2 N–H and O–H groups in total. The van der Waals surface area contributed by atoms with Crippen molar-refractivity contribution in [1.82, 2.24) is 4.90 Å². The van der Waals surface area contributed by atoms with Crippen LogP contribution in [0.25, 0.3) is 0 Å². The quantitative estimate of drug-likeness (QED) is 0.845. The zero-order chi connectivity index (χ0) is 15.5. The van der Waals surface area contributed by atoms with Gasteiger partial charge in [-0.25, -0.2) is 8.42 Å². The number of piperidine rings is 1. The molecule has 0 radical (unpaired) electrons. The van der Waals surface area contributed by atoms with Gasteiger partial charge < -0.3 is 10.4 Å². The van der Waals surface area contributed by atoms with Crippen LogP contribution < -0.4 is 5.32 Å². The smallest absolute Gasteiger partial charge is 0.238 e. The average molecular weight is 312 g/mol. The van der Waals surface area contributed by atoms with Gasteiger partial charge in [-0.3, -0.25) is 9.69 Å². The zero-order valence-corrected chi connectivity index (χ0v) is 12.8. The normalized spacial score (nSPS) is 17.6. The lowest BCUT2D eigenvalue weighted by Crippen LogP contribution is -2.40. The maximum atomic E-state index is 11.9. The van der Waals surface area contributed by atoms with E-state index in [0.29, 0.717) is 31.6 Å². The van der Waals surface area contributed by atoms with E-state index in [4.69, 9.17) is 0 Å². The van der Waals surface area contributed by atoms with Crippen LogP contribution in [-0.4, -0.2) is 56.3 Å². The SMILES string of the molecule is CS(=O)(=O)c1ccc(NC(=O)CN2CCC(O)CC2)cc1. The van der Waals surface area contributed by atoms with Gasteiger partial charge in [0, 0.05) is 25.0 Å². The van der Waals surface area contributed by atoms with E-state index < -0.39 is 9.84 Å². The Hall–Kier alpha value is -1.44. The summed E-state index contributed by atoms with van der Waals surface area (Å²) in [6.07, 6.45) is 2.27. The number of aliphatic hydroxyl groups is 1. The number of nitrogens with one attached hydrogen (secondary N) is 1. The third-order valence-corrected chi connectivity index (χ3v) is 4.62. The number of aliphatic hydroxyl groups excluding tert-OH is 1. The van der Waals surface area contributed by atoms with Crippen LogP contribution in [0.1, 0.15) is 12.8 Å². The minimum Gasteiger partial charge on any atom is -0.393 e. The third-order valence-electron chi connectivity index (χ3n) is 3.49. The molecular weight excluding hydrogens is 292 g/mol. The van der Waals surface area contributed by atoms with Crippen molar-refractivity contribution in [3.63, 3.8) is 0 Å². The van der Waals surface area contributed by atoms with Gasteiger partial charge in [0.1, 0.15) is 0 Å². The van der Waals surface area contributed by atoms with Crippen LogP contribution in [0.5, 0.6) is 0 Å². The maximum Gasteiger partial charge on any atom is 0.238 e. The fourth-order valence-corrected chi connectivity index (χ4v) is 2.90. The number of anilines is 1. The van der Waals surface area contributed by atoms with E-state index in [1.807, 2.05) is 4.90 Å². The summed E-state index contributed by atoms with van der Waals surface area (Å²) in [6.45, 7) is 1.70. The Morgan fingerprint density at radius 1 is 1.29 bits per heavy atom. The molecule has 21 heavy (non-hydrogen) atoms. The Kier molecular flexibility index (Phi) is 4.97. The van der Waals surface area contributed by atoms with Crippen molar-refractivity contribution in [3.8, 4) is 0 Å². The minimum atomic E-state index is -3.22. The summed E-state index contributed by atoms with van der Waals surface area (Å²) in [5.74, 6) is -0.140. The zero-order valence-electron chi connectivity index (χ0n) is 11.9. The number of rotatable bonds is 4. The average Bonchev–Trinajstić information content (AvgIpc) is 2.41. The van der Waals surface area contributed by atoms with Crippen molar-refractivity contribution in [2.75, 3.05) is 31.2 Å². The lowest BCUT2D eigenvalue weighted by molar-refractivity contribution is -0.117. The van der Waals surface area contributed by atoms with E-state index in [9.17, 15) is 18.3 Å². The van der Waals surface area contributed by atoms with E-state index in [-0.39, 0.29) is 23.5 Å². The molecule has 0 aromatic heterocycles. The van der Waals surface area contributed by atoms with Crippen molar-refractivity contribution >= 4 is 21.4 Å². The van der Waals surface area contributed by atoms with Gasteiger partial charge in [-0.05, 0) is 37.1 Å². The summed E-state index contributed by atoms with van der Waals surface area (Å²) in [5, 5.41) is 12.2. The predicted molar refractivity (Wildman–Crippen MR) is 79.9 cm³/mol. The maximum absolute atomic E-state index is 11.9. The van der Waals surface area contributed by atoms with Crippen molar-refractivity contribution < 1.29 is 18.3 Å². The number of amides is 1. The van der Waals surface area contributed by atoms with Gasteiger partial charge in [0.05, 0.1) is 17.5 Å². The molecule has 1 aromatic carbocycles. The molecule has 1 aromatic rings. The van der Waals surface area contributed by atoms with E-state index in [2.05, 4.69) is 5.32 Å². The molecule has 0 spiro atoms. The Morgan fingerprint density at radius 2 is 1.86 bits per heavy atom. The van der Waals surface area contributed by atoms with Crippen LogP contribution in [0.2, 0.25) is 0 Å². The molecule has 0 unspecified atom stereocenters. The summed E-state index contributed by atoms with van der Waals surface area (Å²) in [6, 6.07) is 6.10. The molecule has 1 saturated heterocycles. The van der Waals surface area contributed by atoms with Crippen LogP contribution in [-0.2, 0) is 14.6 Å². The van der Waals surface area contributed by atoms with Crippen molar-refractivity contribution in [2.45, 2.75) is 23.8 Å². The second-order valence-corrected chi connectivity index (χ2v) is 7.37. The molecule has 1 fully saturated rings. The molecule has 116 valence electrons. The molecule has 0 bridgehead atoms. The highest BCUT2D eigenvalue weighted by atomic mass is 32.2. The van der Waals surface area contributed by atoms with E-state index >= 15 is 0 Å². The van der Waals surface area contributed by atoms with Crippen molar-refractivity contribution in [3.05, 3.63) is 24.3 Å². The molecule has 0 aliphatic carbocycles. The summed E-state index contributed by atoms with van der Waals surface area (Å²) < 4.78 is 22.7. The van der Waals surface area contributed by atoms with Gasteiger partial charge >= 0.3 is 0 Å². The van der Waals surface area contributed by atoms with Crippen molar-refractivity contribution in [1.29, 1.82) is 0 Å². The number of hydrogen-bond acceptors (Lipinski definition) is 5. The van der Waals surface area contributed by atoms with E-state index in [1.165, 1.54) is 12.1 Å². The molecule has 6 nitrogen and oxygen atoms in total. The highest BCUT2D eigenvalue weighted by Gasteiger charge is 2.19. The minimum absolute atomic E-state index is 0.140. The van der Waals surface area contributed by atoms with Crippen LogP contribution in [0.15, 0.2) is 29.2 Å². The fraction of sp³-hybridized carbons (Fsp3) is 0.500. The summed E-state index contributed by atoms with van der Waals surface area (Å²) in [5.41, 5.74) is 0.574. The van der Waals surface area contributed by atoms with Gasteiger partial charge in [-0.1, -0.05) is 0 Å². The van der Waals surface area contributed by atoms with E-state index in [1.54, 1.807) is 12.1 Å². The van der Waals surface area contributed by atoms with Gasteiger partial charge in [0.15, 0.2) is 9.84 Å². The third kappa shape index (κ3) is 4.80. The second-order valence-electron chi connectivity index (χ2n) is 5.35. The Morgan fingerprint density at radius 3 is 2.38 bits per heavy atom. The lowest BCUT2D eigenvalue weighted by Gasteiger charge is -2.28. The lowest BCUT2D eigenvalue weighted by atomic mass is 10.1. The van der Waals surface area contributed by atoms with Gasteiger partial charge in [-0.15, -0.1) is 0 Å². The molecule has 1 heterocycles. The first kappa shape index (κ1) is 15.9. The second kappa shape index (κ2) is 6.55. The first-order valence-corrected chi connectivity index (χ1v) is 8.74. The first-order chi connectivity index (χ1) is 9.84. The van der Waals surface area contributed by atoms with Crippen LogP contribution >= 0.6 is 0 Å². The van der Waals surface area contributed by atoms with Crippen LogP contribution in [0.3, 0.4) is 0 Å². The Bertz CT molecular complexity index is 590. The Balaban J connectivity index is 1.88. The monoisotopic (exact) mass is 312 g/mol. The topological polar surface area (TPSA) is 86.7 Å². The number of hydrogen-bond donors (Lipinski definition) is 2. The molecule has 0 saturated carbocycles. The standard InChI is InChI=1S/C14H20N2O4S/c1-21(19,20)13-4-2-11(3-5-13)15-14(18)10-16-8-6-12(17)7-9-16/h2-5,12,17H,6-10H2,1H3,(H,15,18). The number of benzene rings is 1. The number of carbonyl (C=O) groups excluding carboxylic acids is 1. The molecule has 7 heteroatoms. The number of likely N-dealkylation sites (tertiary alicyclic amines) is 1. The van der Waals surface area contributed by atoms with Crippen molar-refractivity contribution in [2.24, 2.45) is 0 Å². The highest BCUT2D eigenvalue weighted by Crippen LogP contribution is 2.14. The molecule has 1 aliphatic heterocycles. The molecule has 1 aliphatic rings. The van der Waals surface area contributed by atoms with Gasteiger partial charge in [-0.2, -0.15) is 0 Å². The van der Waals surface area contributed by atoms with E-state index in [0.717, 1.165) is 6.26 Å². The first-order valence-electron chi connectivity index (χ1n) is 6.85. The predicted octanol–water partition coefficient (Wildman–Crippen LogP) is 0.485. The largest absolute Gasteiger partial charge is 0.393 e. The molecule has 1 amide bonds.